The fraction of sp³-hybridized carbons (Fsp3) is 0.579. The van der Waals surface area contributed by atoms with Crippen LogP contribution in [-0.2, 0) is 5.41 Å². The van der Waals surface area contributed by atoms with Crippen molar-refractivity contribution in [1.29, 1.82) is 0 Å². The molecule has 1 aromatic carbocycles. The summed E-state index contributed by atoms with van der Waals surface area (Å²) in [5.74, 6) is 1.59. The Morgan fingerprint density at radius 1 is 1.35 bits per heavy atom. The van der Waals surface area contributed by atoms with E-state index in [1.807, 2.05) is 12.1 Å². The lowest BCUT2D eigenvalue weighted by atomic mass is 9.69. The Labute approximate surface area is 138 Å². The molecule has 3 atom stereocenters. The molecule has 3 rings (SSSR count). The molecule has 126 valence electrons. The highest BCUT2D eigenvalue weighted by Crippen LogP contribution is 2.47. The van der Waals surface area contributed by atoms with E-state index >= 15 is 0 Å². The standard InChI is InChI=1S/C19H27NO3/c1-4-11-23-17-12-14(5-6-16(17)22-3)19-8-7-15(21)13-18(19)20(2)10-9-19/h5-8,12,15,18,21H,4,9-11,13H2,1-3H3/t15-,18+,19+/m1/s1. The Morgan fingerprint density at radius 3 is 2.91 bits per heavy atom. The second-order valence-corrected chi connectivity index (χ2v) is 6.66. The monoisotopic (exact) mass is 317 g/mol. The SMILES string of the molecule is CCCOc1cc([C@@]23C=C[C@@H](O)C[C@@H]2N(C)CC3)ccc1OC. The first-order chi connectivity index (χ1) is 11.1. The predicted molar refractivity (Wildman–Crippen MR) is 91.3 cm³/mol. The van der Waals surface area contributed by atoms with E-state index in [4.69, 9.17) is 9.47 Å². The van der Waals surface area contributed by atoms with E-state index in [9.17, 15) is 5.11 Å². The van der Waals surface area contributed by atoms with Gasteiger partial charge in [-0.25, -0.2) is 0 Å². The van der Waals surface area contributed by atoms with Crippen LogP contribution in [-0.4, -0.2) is 49.5 Å². The van der Waals surface area contributed by atoms with E-state index in [1.54, 1.807) is 7.11 Å². The fourth-order valence-corrected chi connectivity index (χ4v) is 3.98. The number of benzene rings is 1. The van der Waals surface area contributed by atoms with Gasteiger partial charge in [-0.15, -0.1) is 0 Å². The average Bonchev–Trinajstić information content (AvgIpc) is 2.90. The Kier molecular flexibility index (Phi) is 4.64. The van der Waals surface area contributed by atoms with Gasteiger partial charge in [0.25, 0.3) is 0 Å². The van der Waals surface area contributed by atoms with E-state index < -0.39 is 0 Å². The van der Waals surface area contributed by atoms with Crippen LogP contribution in [0.15, 0.2) is 30.4 Å². The van der Waals surface area contributed by atoms with Gasteiger partial charge in [0, 0.05) is 11.5 Å². The van der Waals surface area contributed by atoms with Crippen LogP contribution in [0.5, 0.6) is 11.5 Å². The number of fused-ring (bicyclic) bond motifs is 1. The molecule has 1 heterocycles. The van der Waals surface area contributed by atoms with Crippen molar-refractivity contribution in [3.63, 3.8) is 0 Å². The highest BCUT2D eigenvalue weighted by Gasteiger charge is 2.48. The van der Waals surface area contributed by atoms with Gasteiger partial charge in [-0.3, -0.25) is 0 Å². The normalized spacial score (nSPS) is 30.3. The Balaban J connectivity index is 2.01. The summed E-state index contributed by atoms with van der Waals surface area (Å²) in [6.45, 7) is 3.83. The third-order valence-corrected chi connectivity index (χ3v) is 5.25. The lowest BCUT2D eigenvalue weighted by Gasteiger charge is -2.39. The molecular weight excluding hydrogens is 290 g/mol. The minimum absolute atomic E-state index is 0.0371. The molecule has 1 fully saturated rings. The van der Waals surface area contributed by atoms with Crippen LogP contribution in [0.4, 0.5) is 0 Å². The molecule has 1 aliphatic carbocycles. The number of rotatable bonds is 5. The maximum Gasteiger partial charge on any atom is 0.161 e. The number of hydrogen-bond acceptors (Lipinski definition) is 4. The van der Waals surface area contributed by atoms with E-state index in [0.29, 0.717) is 12.6 Å². The van der Waals surface area contributed by atoms with Crippen molar-refractivity contribution in [2.24, 2.45) is 0 Å². The molecule has 0 saturated carbocycles. The first-order valence-electron chi connectivity index (χ1n) is 8.49. The number of likely N-dealkylation sites (tertiary alicyclic amines) is 1. The molecule has 23 heavy (non-hydrogen) atoms. The largest absolute Gasteiger partial charge is 0.493 e. The van der Waals surface area contributed by atoms with Crippen molar-refractivity contribution in [3.8, 4) is 11.5 Å². The molecule has 1 N–H and O–H groups in total. The molecule has 4 nitrogen and oxygen atoms in total. The third kappa shape index (κ3) is 2.86. The van der Waals surface area contributed by atoms with Gasteiger partial charge in [0.15, 0.2) is 11.5 Å². The molecule has 0 aromatic heterocycles. The summed E-state index contributed by atoms with van der Waals surface area (Å²) in [7, 11) is 3.82. The number of methoxy groups -OCH3 is 1. The van der Waals surface area contributed by atoms with Gasteiger partial charge in [-0.05, 0) is 50.6 Å². The summed E-state index contributed by atoms with van der Waals surface area (Å²) >= 11 is 0. The van der Waals surface area contributed by atoms with Crippen molar-refractivity contribution < 1.29 is 14.6 Å². The summed E-state index contributed by atoms with van der Waals surface area (Å²) in [5, 5.41) is 10.0. The Bertz CT molecular complexity index is 586. The number of hydrogen-bond donors (Lipinski definition) is 1. The van der Waals surface area contributed by atoms with Crippen molar-refractivity contribution in [2.45, 2.75) is 43.7 Å². The van der Waals surface area contributed by atoms with Crippen molar-refractivity contribution in [2.75, 3.05) is 27.3 Å². The van der Waals surface area contributed by atoms with E-state index in [-0.39, 0.29) is 11.5 Å². The molecule has 0 bridgehead atoms. The second kappa shape index (κ2) is 6.54. The Hall–Kier alpha value is -1.52. The van der Waals surface area contributed by atoms with Crippen molar-refractivity contribution in [3.05, 3.63) is 35.9 Å². The summed E-state index contributed by atoms with van der Waals surface area (Å²) in [4.78, 5) is 2.36. The summed E-state index contributed by atoms with van der Waals surface area (Å²) in [5.41, 5.74) is 1.21. The zero-order chi connectivity index (χ0) is 16.4. The van der Waals surface area contributed by atoms with Crippen LogP contribution in [0, 0.1) is 0 Å². The highest BCUT2D eigenvalue weighted by atomic mass is 16.5. The van der Waals surface area contributed by atoms with E-state index in [2.05, 4.69) is 37.1 Å². The van der Waals surface area contributed by atoms with Gasteiger partial charge in [0.1, 0.15) is 0 Å². The van der Waals surface area contributed by atoms with Gasteiger partial charge >= 0.3 is 0 Å². The van der Waals surface area contributed by atoms with Crippen LogP contribution in [0.1, 0.15) is 31.7 Å². The molecular formula is C19H27NO3. The third-order valence-electron chi connectivity index (χ3n) is 5.25. The number of likely N-dealkylation sites (N-methyl/N-ethyl adjacent to an activating group) is 1. The molecule has 1 aromatic rings. The van der Waals surface area contributed by atoms with Crippen LogP contribution < -0.4 is 9.47 Å². The lowest BCUT2D eigenvalue weighted by molar-refractivity contribution is 0.137. The smallest absolute Gasteiger partial charge is 0.161 e. The molecule has 1 saturated heterocycles. The first kappa shape index (κ1) is 16.3. The van der Waals surface area contributed by atoms with Crippen LogP contribution in [0.2, 0.25) is 0 Å². The molecule has 0 spiro atoms. The molecule has 4 heteroatoms. The van der Waals surface area contributed by atoms with Gasteiger partial charge in [-0.2, -0.15) is 0 Å². The number of aliphatic hydroxyl groups excluding tert-OH is 1. The summed E-state index contributed by atoms with van der Waals surface area (Å²) in [6.07, 6.45) is 6.63. The molecule has 0 radical (unpaired) electrons. The maximum atomic E-state index is 10.0. The maximum absolute atomic E-state index is 10.0. The molecule has 0 amide bonds. The van der Waals surface area contributed by atoms with Crippen LogP contribution in [0.25, 0.3) is 0 Å². The second-order valence-electron chi connectivity index (χ2n) is 6.66. The van der Waals surface area contributed by atoms with Crippen LogP contribution in [0.3, 0.4) is 0 Å². The van der Waals surface area contributed by atoms with Gasteiger partial charge in [0.05, 0.1) is 19.8 Å². The minimum Gasteiger partial charge on any atom is -0.493 e. The highest BCUT2D eigenvalue weighted by molar-refractivity contribution is 5.48. The first-order valence-corrected chi connectivity index (χ1v) is 8.49. The topological polar surface area (TPSA) is 41.9 Å². The van der Waals surface area contributed by atoms with E-state index in [1.165, 1.54) is 5.56 Å². The number of nitrogens with zero attached hydrogens (tertiary/aromatic N) is 1. The quantitative estimate of drug-likeness (QED) is 0.848. The fourth-order valence-electron chi connectivity index (χ4n) is 3.98. The zero-order valence-electron chi connectivity index (χ0n) is 14.3. The lowest BCUT2D eigenvalue weighted by Crippen LogP contribution is -2.44. The van der Waals surface area contributed by atoms with Gasteiger partial charge < -0.3 is 19.5 Å². The number of ether oxygens (including phenoxy) is 2. The Morgan fingerprint density at radius 2 is 2.17 bits per heavy atom. The summed E-state index contributed by atoms with van der Waals surface area (Å²) in [6, 6.07) is 6.60. The van der Waals surface area contributed by atoms with Gasteiger partial charge in [0.2, 0.25) is 0 Å². The van der Waals surface area contributed by atoms with Crippen molar-refractivity contribution in [1.82, 2.24) is 4.90 Å². The van der Waals surface area contributed by atoms with Gasteiger partial charge in [-0.1, -0.05) is 25.1 Å². The predicted octanol–water partition coefficient (Wildman–Crippen LogP) is 2.75. The van der Waals surface area contributed by atoms with Crippen molar-refractivity contribution >= 4 is 0 Å². The average molecular weight is 317 g/mol. The van der Waals surface area contributed by atoms with Crippen LogP contribution >= 0.6 is 0 Å². The number of aliphatic hydroxyl groups is 1. The molecule has 2 aliphatic rings. The molecule has 1 aliphatic heterocycles. The molecule has 0 unspecified atom stereocenters. The summed E-state index contributed by atoms with van der Waals surface area (Å²) < 4.78 is 11.3. The minimum atomic E-state index is -0.345. The van der Waals surface area contributed by atoms with E-state index in [0.717, 1.165) is 37.3 Å². The zero-order valence-corrected chi connectivity index (χ0v) is 14.3.